The molecule has 6 aliphatic rings. The number of fused-ring (bicyclic) bond motifs is 7. The zero-order chi connectivity index (χ0) is 21.4. The smallest absolute Gasteiger partial charge is 0.0409 e. The van der Waals surface area contributed by atoms with E-state index in [1.807, 2.05) is 0 Å². The molecule has 3 aromatic rings. The molecule has 9 rings (SSSR count). The predicted molar refractivity (Wildman–Crippen MR) is 132 cm³/mol. The molecule has 3 aromatic carbocycles. The van der Waals surface area contributed by atoms with Crippen LogP contribution < -0.4 is 0 Å². The molecule has 0 nitrogen and oxygen atoms in total. The van der Waals surface area contributed by atoms with E-state index in [-0.39, 0.29) is 10.8 Å². The van der Waals surface area contributed by atoms with Crippen molar-refractivity contribution in [3.05, 3.63) is 81.9 Å². The van der Waals surface area contributed by atoms with Gasteiger partial charge in [0.15, 0.2) is 0 Å². The van der Waals surface area contributed by atoms with E-state index in [0.717, 1.165) is 28.7 Å². The Kier molecular flexibility index (Phi) is 3.28. The summed E-state index contributed by atoms with van der Waals surface area (Å²) in [5, 5.41) is 0.855. The number of rotatable bonds is 0. The predicted octanol–water partition coefficient (Wildman–Crippen LogP) is 8.37. The van der Waals surface area contributed by atoms with Crippen molar-refractivity contribution in [2.75, 3.05) is 0 Å². The highest BCUT2D eigenvalue weighted by Crippen LogP contribution is 2.71. The minimum Gasteiger partial charge on any atom is -0.0843 e. The molecule has 160 valence electrons. The van der Waals surface area contributed by atoms with Gasteiger partial charge in [0.05, 0.1) is 0 Å². The number of hydrogen-bond acceptors (Lipinski definition) is 0. The van der Waals surface area contributed by atoms with Crippen LogP contribution in [0, 0.1) is 23.7 Å². The topological polar surface area (TPSA) is 0 Å². The van der Waals surface area contributed by atoms with Crippen LogP contribution in [-0.4, -0.2) is 0 Å². The van der Waals surface area contributed by atoms with Crippen molar-refractivity contribution in [1.82, 2.24) is 0 Å². The molecule has 4 saturated carbocycles. The zero-order valence-electron chi connectivity index (χ0n) is 18.9. The summed E-state index contributed by atoms with van der Waals surface area (Å²) >= 11 is 6.52. The first kappa shape index (κ1) is 18.4. The van der Waals surface area contributed by atoms with Crippen LogP contribution in [0.15, 0.2) is 54.6 Å². The molecule has 0 aliphatic heterocycles. The normalized spacial score (nSPS) is 33.8. The molecule has 0 radical (unpaired) electrons. The highest BCUT2D eigenvalue weighted by Gasteiger charge is 2.62. The second kappa shape index (κ2) is 5.71. The van der Waals surface area contributed by atoms with Crippen molar-refractivity contribution in [3.8, 4) is 22.3 Å². The highest BCUT2D eigenvalue weighted by molar-refractivity contribution is 6.30. The number of hydrogen-bond donors (Lipinski definition) is 0. The van der Waals surface area contributed by atoms with E-state index in [0.29, 0.717) is 0 Å². The van der Waals surface area contributed by atoms with Crippen LogP contribution in [0.4, 0.5) is 0 Å². The van der Waals surface area contributed by atoms with E-state index in [2.05, 4.69) is 68.4 Å². The van der Waals surface area contributed by atoms with Crippen molar-refractivity contribution < 1.29 is 0 Å². The fourth-order valence-corrected chi connectivity index (χ4v) is 9.62. The second-order valence-electron chi connectivity index (χ2n) is 11.9. The fourth-order valence-electron chi connectivity index (χ4n) is 9.44. The van der Waals surface area contributed by atoms with Gasteiger partial charge in [-0.15, -0.1) is 0 Å². The Hall–Kier alpha value is -2.05. The molecule has 1 spiro atoms. The minimum atomic E-state index is -0.00746. The first-order valence-electron chi connectivity index (χ1n) is 12.6. The maximum atomic E-state index is 6.52. The van der Waals surface area contributed by atoms with E-state index in [1.165, 1.54) is 59.9 Å². The Labute approximate surface area is 196 Å². The average molecular weight is 437 g/mol. The third-order valence-corrected chi connectivity index (χ3v) is 10.5. The second-order valence-corrected chi connectivity index (χ2v) is 12.4. The first-order chi connectivity index (χ1) is 15.5. The number of halogens is 1. The Morgan fingerprint density at radius 3 is 2.12 bits per heavy atom. The summed E-state index contributed by atoms with van der Waals surface area (Å²) < 4.78 is 0. The molecule has 32 heavy (non-hydrogen) atoms. The molecule has 0 unspecified atom stereocenters. The lowest BCUT2D eigenvalue weighted by Gasteiger charge is -2.61. The Balaban J connectivity index is 1.51. The Morgan fingerprint density at radius 2 is 1.38 bits per heavy atom. The summed E-state index contributed by atoms with van der Waals surface area (Å²) in [6.45, 7) is 4.79. The van der Waals surface area contributed by atoms with Gasteiger partial charge < -0.3 is 0 Å². The highest BCUT2D eigenvalue weighted by atomic mass is 35.5. The van der Waals surface area contributed by atoms with E-state index in [9.17, 15) is 0 Å². The van der Waals surface area contributed by atoms with Gasteiger partial charge in [-0.2, -0.15) is 0 Å². The molecule has 0 saturated heterocycles. The van der Waals surface area contributed by atoms with Crippen molar-refractivity contribution >= 4 is 11.6 Å². The monoisotopic (exact) mass is 436 g/mol. The minimum absolute atomic E-state index is 0.00746. The zero-order valence-corrected chi connectivity index (χ0v) is 19.7. The van der Waals surface area contributed by atoms with Crippen molar-refractivity contribution in [3.63, 3.8) is 0 Å². The van der Waals surface area contributed by atoms with Crippen molar-refractivity contribution in [2.45, 2.75) is 56.8 Å². The largest absolute Gasteiger partial charge is 0.0843 e. The van der Waals surface area contributed by atoms with Gasteiger partial charge in [-0.1, -0.05) is 67.9 Å². The SMILES string of the molecule is CC1(C)c2cc(Cl)ccc2-c2c1ccc1c2C2(c3ccccc3-1)C1CC3CC(C1)CC2C3. The van der Waals surface area contributed by atoms with Gasteiger partial charge in [-0.25, -0.2) is 0 Å². The first-order valence-corrected chi connectivity index (χ1v) is 13.0. The Morgan fingerprint density at radius 1 is 0.688 bits per heavy atom. The van der Waals surface area contributed by atoms with Gasteiger partial charge in [-0.05, 0) is 112 Å². The summed E-state index contributed by atoms with van der Waals surface area (Å²) in [6, 6.07) is 21.0. The van der Waals surface area contributed by atoms with Crippen molar-refractivity contribution in [2.24, 2.45) is 23.7 Å². The maximum absolute atomic E-state index is 6.52. The van der Waals surface area contributed by atoms with Gasteiger partial charge in [-0.3, -0.25) is 0 Å². The van der Waals surface area contributed by atoms with Crippen LogP contribution in [0.2, 0.25) is 5.02 Å². The third kappa shape index (κ3) is 1.92. The molecule has 4 fully saturated rings. The average Bonchev–Trinajstić information content (AvgIpc) is 3.19. The van der Waals surface area contributed by atoms with Gasteiger partial charge in [0.1, 0.15) is 0 Å². The van der Waals surface area contributed by atoms with Crippen LogP contribution in [0.5, 0.6) is 0 Å². The third-order valence-electron chi connectivity index (χ3n) is 10.3. The summed E-state index contributed by atoms with van der Waals surface area (Å²) in [5.74, 6) is 3.54. The van der Waals surface area contributed by atoms with Gasteiger partial charge in [0.2, 0.25) is 0 Å². The Bertz CT molecular complexity index is 1300. The molecule has 6 aliphatic carbocycles. The molecular formula is C31H29Cl. The molecule has 0 heterocycles. The van der Waals surface area contributed by atoms with E-state index in [1.54, 1.807) is 16.7 Å². The van der Waals surface area contributed by atoms with Crippen LogP contribution in [-0.2, 0) is 10.8 Å². The van der Waals surface area contributed by atoms with E-state index >= 15 is 0 Å². The lowest BCUT2D eigenvalue weighted by Crippen LogP contribution is -2.55. The van der Waals surface area contributed by atoms with Gasteiger partial charge in [0.25, 0.3) is 0 Å². The molecule has 0 N–H and O–H groups in total. The summed E-state index contributed by atoms with van der Waals surface area (Å²) in [7, 11) is 0. The lowest BCUT2D eigenvalue weighted by molar-refractivity contribution is -0.0397. The standard InChI is InChI=1S/C31H29Cl/c1-30(2)26-10-9-23-22-5-3-4-6-25(22)31(19-12-17-11-18(14-19)15-20(31)13-17)29(23)28(26)24-8-7-21(32)16-27(24)30/h3-10,16-20H,11-15H2,1-2H3. The maximum Gasteiger partial charge on any atom is 0.0409 e. The van der Waals surface area contributed by atoms with E-state index in [4.69, 9.17) is 11.6 Å². The molecule has 0 aromatic heterocycles. The van der Waals surface area contributed by atoms with E-state index < -0.39 is 0 Å². The quantitative estimate of drug-likeness (QED) is 0.332. The van der Waals surface area contributed by atoms with Gasteiger partial charge in [0, 0.05) is 15.9 Å². The number of benzene rings is 3. The molecule has 0 atom stereocenters. The molecule has 1 heteroatoms. The van der Waals surface area contributed by atoms with Crippen LogP contribution in [0.1, 0.15) is 68.2 Å². The van der Waals surface area contributed by atoms with Crippen molar-refractivity contribution in [1.29, 1.82) is 0 Å². The fraction of sp³-hybridized carbons (Fsp3) is 0.419. The summed E-state index contributed by atoms with van der Waals surface area (Å²) in [4.78, 5) is 0. The molecule has 4 bridgehead atoms. The van der Waals surface area contributed by atoms with Gasteiger partial charge >= 0.3 is 0 Å². The summed E-state index contributed by atoms with van der Waals surface area (Å²) in [5.41, 5.74) is 12.5. The summed E-state index contributed by atoms with van der Waals surface area (Å²) in [6.07, 6.45) is 7.23. The lowest BCUT2D eigenvalue weighted by atomic mass is 9.42. The molecular weight excluding hydrogens is 408 g/mol. The van der Waals surface area contributed by atoms with Crippen LogP contribution in [0.3, 0.4) is 0 Å². The molecule has 0 amide bonds. The van der Waals surface area contributed by atoms with Crippen LogP contribution in [0.25, 0.3) is 22.3 Å². The van der Waals surface area contributed by atoms with Crippen LogP contribution >= 0.6 is 11.6 Å².